The monoisotopic (exact) mass is 377 g/mol. The number of benzene rings is 2. The number of hydrogen-bond acceptors (Lipinski definition) is 6. The molecule has 0 aliphatic heterocycles. The van der Waals surface area contributed by atoms with Crippen molar-refractivity contribution in [3.63, 3.8) is 0 Å². The van der Waals surface area contributed by atoms with E-state index in [9.17, 15) is 24.5 Å². The number of ether oxygens (including phenoxy) is 1. The van der Waals surface area contributed by atoms with Crippen molar-refractivity contribution in [2.75, 3.05) is 6.61 Å². The molecule has 10 heteroatoms. The van der Waals surface area contributed by atoms with E-state index < -0.39 is 35.0 Å². The van der Waals surface area contributed by atoms with Crippen LogP contribution in [0.5, 0.6) is 0 Å². The van der Waals surface area contributed by atoms with Crippen LogP contribution in [0.1, 0.15) is 20.7 Å². The average Bonchev–Trinajstić information content (AvgIpc) is 2.64. The highest BCUT2D eigenvalue weighted by Gasteiger charge is 2.22. The summed E-state index contributed by atoms with van der Waals surface area (Å²) in [5.74, 6) is -2.48. The van der Waals surface area contributed by atoms with Crippen LogP contribution in [0.25, 0.3) is 0 Å². The number of nitrogens with one attached hydrogen (secondary N) is 2. The SMILES string of the molecule is O=C(COC(=O)c1cc(Cl)ccc1[N+](=O)[O-])NNC(=O)c1ccccc1. The van der Waals surface area contributed by atoms with E-state index in [4.69, 9.17) is 16.3 Å². The lowest BCUT2D eigenvalue weighted by atomic mass is 10.2. The number of rotatable bonds is 5. The first-order valence-electron chi connectivity index (χ1n) is 7.14. The standard InChI is InChI=1S/C16H12ClN3O6/c17-11-6-7-13(20(24)25)12(8-11)16(23)26-9-14(21)18-19-15(22)10-4-2-1-3-5-10/h1-8H,9H2,(H,18,21)(H,19,22). The van der Waals surface area contributed by atoms with Gasteiger partial charge < -0.3 is 4.74 Å². The maximum absolute atomic E-state index is 11.9. The number of hydrogen-bond donors (Lipinski definition) is 2. The summed E-state index contributed by atoms with van der Waals surface area (Å²) < 4.78 is 4.71. The average molecular weight is 378 g/mol. The number of amides is 2. The number of esters is 1. The number of nitro groups is 1. The van der Waals surface area contributed by atoms with Crippen LogP contribution < -0.4 is 10.9 Å². The molecule has 9 nitrogen and oxygen atoms in total. The minimum atomic E-state index is -1.09. The Balaban J connectivity index is 1.89. The maximum Gasteiger partial charge on any atom is 0.345 e. The first-order valence-corrected chi connectivity index (χ1v) is 7.51. The largest absolute Gasteiger partial charge is 0.452 e. The molecule has 2 aromatic carbocycles. The van der Waals surface area contributed by atoms with Gasteiger partial charge in [-0.1, -0.05) is 29.8 Å². The van der Waals surface area contributed by atoms with Crippen molar-refractivity contribution in [3.05, 3.63) is 74.8 Å². The van der Waals surface area contributed by atoms with Gasteiger partial charge in [-0.2, -0.15) is 0 Å². The van der Waals surface area contributed by atoms with Crippen LogP contribution in [0.3, 0.4) is 0 Å². The van der Waals surface area contributed by atoms with Gasteiger partial charge in [-0.3, -0.25) is 30.6 Å². The first-order chi connectivity index (χ1) is 12.4. The van der Waals surface area contributed by atoms with Crippen molar-refractivity contribution >= 4 is 35.1 Å². The maximum atomic E-state index is 11.9. The van der Waals surface area contributed by atoms with Crippen molar-refractivity contribution in [1.29, 1.82) is 0 Å². The molecule has 2 N–H and O–H groups in total. The first kappa shape index (κ1) is 18.9. The molecule has 0 aliphatic rings. The third-order valence-electron chi connectivity index (χ3n) is 3.06. The lowest BCUT2D eigenvalue weighted by molar-refractivity contribution is -0.385. The molecule has 0 fully saturated rings. The van der Waals surface area contributed by atoms with Gasteiger partial charge in [-0.15, -0.1) is 0 Å². The summed E-state index contributed by atoms with van der Waals surface area (Å²) in [5.41, 5.74) is 3.63. The summed E-state index contributed by atoms with van der Waals surface area (Å²) in [4.78, 5) is 45.5. The van der Waals surface area contributed by atoms with Crippen molar-refractivity contribution in [2.45, 2.75) is 0 Å². The van der Waals surface area contributed by atoms with Crippen LogP contribution in [-0.4, -0.2) is 29.3 Å². The molecule has 2 aromatic rings. The van der Waals surface area contributed by atoms with E-state index in [1.165, 1.54) is 6.07 Å². The molecule has 0 saturated carbocycles. The van der Waals surface area contributed by atoms with Crippen LogP contribution in [-0.2, 0) is 9.53 Å². The van der Waals surface area contributed by atoms with E-state index in [2.05, 4.69) is 10.9 Å². The summed E-state index contributed by atoms with van der Waals surface area (Å²) >= 11 is 5.71. The van der Waals surface area contributed by atoms with Crippen LogP contribution in [0, 0.1) is 10.1 Å². The Kier molecular flexibility index (Phi) is 6.23. The van der Waals surface area contributed by atoms with Crippen LogP contribution in [0.2, 0.25) is 5.02 Å². The summed E-state index contributed by atoms with van der Waals surface area (Å²) in [6.07, 6.45) is 0. The van der Waals surface area contributed by atoms with Gasteiger partial charge >= 0.3 is 5.97 Å². The molecule has 0 aliphatic carbocycles. The Morgan fingerprint density at radius 2 is 1.77 bits per heavy atom. The number of carbonyl (C=O) groups is 3. The van der Waals surface area contributed by atoms with Gasteiger partial charge in [0.1, 0.15) is 5.56 Å². The molecule has 0 unspecified atom stereocenters. The van der Waals surface area contributed by atoms with Crippen LogP contribution in [0.15, 0.2) is 48.5 Å². The molecule has 2 rings (SSSR count). The van der Waals surface area contributed by atoms with E-state index in [1.54, 1.807) is 30.3 Å². The third kappa shape index (κ3) is 5.02. The quantitative estimate of drug-likeness (QED) is 0.465. The highest BCUT2D eigenvalue weighted by Crippen LogP contribution is 2.23. The Morgan fingerprint density at radius 1 is 1.08 bits per heavy atom. The van der Waals surface area contributed by atoms with Gasteiger partial charge in [0, 0.05) is 16.7 Å². The van der Waals surface area contributed by atoms with Gasteiger partial charge in [0.25, 0.3) is 17.5 Å². The second kappa shape index (κ2) is 8.58. The summed E-state index contributed by atoms with van der Waals surface area (Å²) in [6, 6.07) is 11.5. The highest BCUT2D eigenvalue weighted by molar-refractivity contribution is 6.31. The number of halogens is 1. The summed E-state index contributed by atoms with van der Waals surface area (Å²) in [7, 11) is 0. The zero-order valence-corrected chi connectivity index (χ0v) is 13.9. The zero-order chi connectivity index (χ0) is 19.1. The second-order valence-corrected chi connectivity index (χ2v) is 5.30. The molecule has 0 heterocycles. The van der Waals surface area contributed by atoms with Gasteiger partial charge in [0.05, 0.1) is 4.92 Å². The normalized spacial score (nSPS) is 9.88. The minimum Gasteiger partial charge on any atom is -0.452 e. The molecule has 0 bridgehead atoms. The fourth-order valence-corrected chi connectivity index (χ4v) is 2.04. The highest BCUT2D eigenvalue weighted by atomic mass is 35.5. The van der Waals surface area contributed by atoms with Crippen LogP contribution >= 0.6 is 11.6 Å². The minimum absolute atomic E-state index is 0.0992. The lowest BCUT2D eigenvalue weighted by Gasteiger charge is -2.08. The molecule has 2 amide bonds. The summed E-state index contributed by atoms with van der Waals surface area (Å²) in [5, 5.41) is 11.0. The van der Waals surface area contributed by atoms with Crippen LogP contribution in [0.4, 0.5) is 5.69 Å². The Labute approximate surface area is 152 Å². The Bertz CT molecular complexity index is 856. The molecular weight excluding hydrogens is 366 g/mol. The smallest absolute Gasteiger partial charge is 0.345 e. The van der Waals surface area contributed by atoms with E-state index in [0.717, 1.165) is 12.1 Å². The van der Waals surface area contributed by atoms with Gasteiger partial charge in [0.2, 0.25) is 0 Å². The molecule has 0 atom stereocenters. The number of nitrogens with zero attached hydrogens (tertiary/aromatic N) is 1. The topological polar surface area (TPSA) is 128 Å². The fraction of sp³-hybridized carbons (Fsp3) is 0.0625. The van der Waals surface area contributed by atoms with E-state index in [0.29, 0.717) is 5.56 Å². The zero-order valence-electron chi connectivity index (χ0n) is 13.1. The molecular formula is C16H12ClN3O6. The van der Waals surface area contributed by atoms with Gasteiger partial charge in [-0.05, 0) is 24.3 Å². The number of nitro benzene ring substituents is 1. The van der Waals surface area contributed by atoms with E-state index in [1.807, 2.05) is 0 Å². The van der Waals surface area contributed by atoms with Crippen molar-refractivity contribution in [2.24, 2.45) is 0 Å². The molecule has 0 spiro atoms. The number of hydrazine groups is 1. The summed E-state index contributed by atoms with van der Waals surface area (Å²) in [6.45, 7) is -0.752. The van der Waals surface area contributed by atoms with E-state index >= 15 is 0 Å². The molecule has 0 radical (unpaired) electrons. The van der Waals surface area contributed by atoms with Crippen molar-refractivity contribution in [1.82, 2.24) is 10.9 Å². The van der Waals surface area contributed by atoms with Gasteiger partial charge in [0.15, 0.2) is 6.61 Å². The van der Waals surface area contributed by atoms with E-state index in [-0.39, 0.29) is 10.6 Å². The molecule has 134 valence electrons. The van der Waals surface area contributed by atoms with Crippen molar-refractivity contribution in [3.8, 4) is 0 Å². The number of carbonyl (C=O) groups excluding carboxylic acids is 3. The molecule has 26 heavy (non-hydrogen) atoms. The predicted octanol–water partition coefficient (Wildman–Crippen LogP) is 1.87. The fourth-order valence-electron chi connectivity index (χ4n) is 1.86. The molecule has 0 aromatic heterocycles. The second-order valence-electron chi connectivity index (χ2n) is 4.86. The predicted molar refractivity (Wildman–Crippen MR) is 90.4 cm³/mol. The lowest BCUT2D eigenvalue weighted by Crippen LogP contribution is -2.43. The Morgan fingerprint density at radius 3 is 2.42 bits per heavy atom. The van der Waals surface area contributed by atoms with Gasteiger partial charge in [-0.25, -0.2) is 4.79 Å². The van der Waals surface area contributed by atoms with Crippen molar-refractivity contribution < 1.29 is 24.0 Å². The third-order valence-corrected chi connectivity index (χ3v) is 3.30. The Hall–Kier alpha value is -3.46. The molecule has 0 saturated heterocycles.